The summed E-state index contributed by atoms with van der Waals surface area (Å²) in [4.78, 5) is 50.3. The molecule has 4 N–H and O–H groups in total. The zero-order valence-corrected chi connectivity index (χ0v) is 17.4. The monoisotopic (exact) mass is 420 g/mol. The third-order valence-electron chi connectivity index (χ3n) is 5.85. The van der Waals surface area contributed by atoms with Gasteiger partial charge in [-0.1, -0.05) is 18.2 Å². The van der Waals surface area contributed by atoms with E-state index >= 15 is 0 Å². The van der Waals surface area contributed by atoms with Crippen LogP contribution in [-0.4, -0.2) is 34.6 Å². The Labute approximate surface area is 179 Å². The number of nitrogens with two attached hydrogens (primary N) is 1. The number of carbonyl (C=O) groups excluding carboxylic acids is 4. The van der Waals surface area contributed by atoms with Crippen molar-refractivity contribution in [3.63, 3.8) is 0 Å². The van der Waals surface area contributed by atoms with Crippen molar-refractivity contribution in [3.05, 3.63) is 64.7 Å². The van der Waals surface area contributed by atoms with Crippen LogP contribution in [0.4, 0.5) is 5.69 Å². The zero-order valence-electron chi connectivity index (χ0n) is 17.4. The molecule has 1 atom stereocenters. The molecular weight excluding hydrogens is 396 g/mol. The van der Waals surface area contributed by atoms with Crippen molar-refractivity contribution in [2.24, 2.45) is 0 Å². The largest absolute Gasteiger partial charge is 0.399 e. The summed E-state index contributed by atoms with van der Waals surface area (Å²) in [5.74, 6) is -2.02. The molecule has 4 rings (SSSR count). The Morgan fingerprint density at radius 3 is 2.52 bits per heavy atom. The highest BCUT2D eigenvalue weighted by Crippen LogP contribution is 2.29. The first-order valence-electron chi connectivity index (χ1n) is 10.1. The summed E-state index contributed by atoms with van der Waals surface area (Å²) in [5, 5.41) is 5.65. The average Bonchev–Trinajstić information content (AvgIpc) is 2.97. The Bertz CT molecular complexity index is 1110. The number of rotatable bonds is 5. The standard InChI is InChI=1S/C23H24N4O4/c1-23(2,14-4-3-5-15(24)11-14)25-12-13-6-7-16-17(10-13)22(31)27(21(16)30)18-8-9-19(28)26-20(18)29/h3-7,10-11,18,25H,8-9,12,24H2,1-2H3,(H,26,28,29). The lowest BCUT2D eigenvalue weighted by Gasteiger charge is -2.28. The van der Waals surface area contributed by atoms with Crippen LogP contribution in [-0.2, 0) is 21.7 Å². The quantitative estimate of drug-likeness (QED) is 0.500. The molecule has 0 radical (unpaired) electrons. The van der Waals surface area contributed by atoms with E-state index in [1.807, 2.05) is 38.1 Å². The minimum absolute atomic E-state index is 0.0953. The molecule has 8 heteroatoms. The lowest BCUT2D eigenvalue weighted by atomic mass is 9.93. The summed E-state index contributed by atoms with van der Waals surface area (Å²) in [6.07, 6.45) is 0.233. The van der Waals surface area contributed by atoms with Gasteiger partial charge in [0.2, 0.25) is 11.8 Å². The molecule has 1 unspecified atom stereocenters. The third-order valence-corrected chi connectivity index (χ3v) is 5.85. The number of benzene rings is 2. The highest BCUT2D eigenvalue weighted by molar-refractivity contribution is 6.23. The number of hydrogen-bond acceptors (Lipinski definition) is 6. The molecule has 2 aliphatic rings. The van der Waals surface area contributed by atoms with Gasteiger partial charge in [0.05, 0.1) is 11.1 Å². The second-order valence-corrected chi connectivity index (χ2v) is 8.43. The van der Waals surface area contributed by atoms with Gasteiger partial charge in [0, 0.05) is 24.2 Å². The fraction of sp³-hybridized carbons (Fsp3) is 0.304. The molecule has 0 aromatic heterocycles. The normalized spacial score (nSPS) is 18.9. The van der Waals surface area contributed by atoms with Crippen LogP contribution in [0.25, 0.3) is 0 Å². The maximum Gasteiger partial charge on any atom is 0.262 e. The molecule has 1 fully saturated rings. The van der Waals surface area contributed by atoms with E-state index in [1.54, 1.807) is 18.2 Å². The SMILES string of the molecule is CC(C)(NCc1ccc2c(c1)C(=O)N(C1CCC(=O)NC1=O)C2=O)c1cccc(N)c1. The van der Waals surface area contributed by atoms with Crippen LogP contribution in [0.2, 0.25) is 0 Å². The molecule has 8 nitrogen and oxygen atoms in total. The number of carbonyl (C=O) groups is 4. The minimum Gasteiger partial charge on any atom is -0.399 e. The lowest BCUT2D eigenvalue weighted by Crippen LogP contribution is -2.54. The molecule has 2 heterocycles. The Morgan fingerprint density at radius 2 is 1.81 bits per heavy atom. The van der Waals surface area contributed by atoms with Crippen LogP contribution in [0.5, 0.6) is 0 Å². The van der Waals surface area contributed by atoms with Gasteiger partial charge in [0.1, 0.15) is 6.04 Å². The number of nitrogens with zero attached hydrogens (tertiary/aromatic N) is 1. The van der Waals surface area contributed by atoms with Gasteiger partial charge in [-0.3, -0.25) is 29.4 Å². The summed E-state index contributed by atoms with van der Waals surface area (Å²) in [7, 11) is 0. The van der Waals surface area contributed by atoms with Gasteiger partial charge in [0.15, 0.2) is 0 Å². The van der Waals surface area contributed by atoms with Crippen molar-refractivity contribution in [1.82, 2.24) is 15.5 Å². The smallest absolute Gasteiger partial charge is 0.262 e. The van der Waals surface area contributed by atoms with E-state index in [9.17, 15) is 19.2 Å². The molecule has 4 amide bonds. The number of hydrogen-bond donors (Lipinski definition) is 3. The van der Waals surface area contributed by atoms with Crippen LogP contribution in [0.3, 0.4) is 0 Å². The number of anilines is 1. The van der Waals surface area contributed by atoms with Gasteiger partial charge in [-0.2, -0.15) is 0 Å². The summed E-state index contributed by atoms with van der Waals surface area (Å²) in [6.45, 7) is 4.54. The molecule has 1 saturated heterocycles. The van der Waals surface area contributed by atoms with Crippen LogP contribution in [0, 0.1) is 0 Å². The second-order valence-electron chi connectivity index (χ2n) is 8.43. The third kappa shape index (κ3) is 3.82. The molecule has 2 aromatic rings. The molecule has 2 aliphatic heterocycles. The van der Waals surface area contributed by atoms with E-state index in [0.717, 1.165) is 16.0 Å². The number of nitrogen functional groups attached to an aromatic ring is 1. The number of fused-ring (bicyclic) bond motifs is 1. The molecule has 0 aliphatic carbocycles. The number of imide groups is 2. The number of nitrogens with one attached hydrogen (secondary N) is 2. The van der Waals surface area contributed by atoms with Crippen molar-refractivity contribution < 1.29 is 19.2 Å². The van der Waals surface area contributed by atoms with E-state index < -0.39 is 29.7 Å². The Hall–Kier alpha value is -3.52. The number of piperidine rings is 1. The van der Waals surface area contributed by atoms with Gasteiger partial charge >= 0.3 is 0 Å². The highest BCUT2D eigenvalue weighted by atomic mass is 16.2. The lowest BCUT2D eigenvalue weighted by molar-refractivity contribution is -0.136. The van der Waals surface area contributed by atoms with Crippen LogP contribution < -0.4 is 16.4 Å². The first kappa shape index (κ1) is 20.7. The summed E-state index contributed by atoms with van der Waals surface area (Å²) < 4.78 is 0. The molecule has 31 heavy (non-hydrogen) atoms. The fourth-order valence-electron chi connectivity index (χ4n) is 3.98. The predicted octanol–water partition coefficient (Wildman–Crippen LogP) is 1.69. The second kappa shape index (κ2) is 7.63. The van der Waals surface area contributed by atoms with E-state index in [1.165, 1.54) is 0 Å². The highest BCUT2D eigenvalue weighted by Gasteiger charge is 2.44. The molecule has 2 aromatic carbocycles. The van der Waals surface area contributed by atoms with E-state index in [4.69, 9.17) is 5.73 Å². The summed E-state index contributed by atoms with van der Waals surface area (Å²) >= 11 is 0. The van der Waals surface area contributed by atoms with Gasteiger partial charge in [-0.15, -0.1) is 0 Å². The number of amides is 4. The fourth-order valence-corrected chi connectivity index (χ4v) is 3.98. The first-order valence-corrected chi connectivity index (χ1v) is 10.1. The van der Waals surface area contributed by atoms with Crippen molar-refractivity contribution >= 4 is 29.3 Å². The van der Waals surface area contributed by atoms with E-state index in [2.05, 4.69) is 10.6 Å². The predicted molar refractivity (Wildman–Crippen MR) is 114 cm³/mol. The van der Waals surface area contributed by atoms with Gasteiger partial charge in [-0.05, 0) is 55.7 Å². The molecule has 160 valence electrons. The Balaban J connectivity index is 1.52. The molecular formula is C23H24N4O4. The zero-order chi connectivity index (χ0) is 22.3. The van der Waals surface area contributed by atoms with E-state index in [-0.39, 0.29) is 29.5 Å². The van der Waals surface area contributed by atoms with E-state index in [0.29, 0.717) is 12.2 Å². The maximum atomic E-state index is 13.0. The van der Waals surface area contributed by atoms with Crippen LogP contribution >= 0.6 is 0 Å². The van der Waals surface area contributed by atoms with Gasteiger partial charge < -0.3 is 11.1 Å². The van der Waals surface area contributed by atoms with Crippen molar-refractivity contribution in [2.75, 3.05) is 5.73 Å². The topological polar surface area (TPSA) is 122 Å². The van der Waals surface area contributed by atoms with Gasteiger partial charge in [0.25, 0.3) is 11.8 Å². The van der Waals surface area contributed by atoms with Gasteiger partial charge in [-0.25, -0.2) is 0 Å². The summed E-state index contributed by atoms with van der Waals surface area (Å²) in [5.41, 5.74) is 8.62. The van der Waals surface area contributed by atoms with Crippen molar-refractivity contribution in [3.8, 4) is 0 Å². The summed E-state index contributed by atoms with van der Waals surface area (Å²) in [6, 6.07) is 11.8. The van der Waals surface area contributed by atoms with Crippen molar-refractivity contribution in [1.29, 1.82) is 0 Å². The molecule has 0 bridgehead atoms. The van der Waals surface area contributed by atoms with Crippen LogP contribution in [0.1, 0.15) is 58.5 Å². The Kier molecular flexibility index (Phi) is 5.10. The average molecular weight is 420 g/mol. The minimum atomic E-state index is -0.964. The first-order chi connectivity index (χ1) is 14.7. The van der Waals surface area contributed by atoms with Crippen LogP contribution in [0.15, 0.2) is 42.5 Å². The Morgan fingerprint density at radius 1 is 1.06 bits per heavy atom. The van der Waals surface area contributed by atoms with Crippen molar-refractivity contribution in [2.45, 2.75) is 44.8 Å². The molecule has 0 spiro atoms. The molecule has 0 saturated carbocycles. The maximum absolute atomic E-state index is 13.0.